The Morgan fingerprint density at radius 1 is 0.950 bits per heavy atom. The van der Waals surface area contributed by atoms with Gasteiger partial charge in [-0.2, -0.15) is 0 Å². The third kappa shape index (κ3) is 4.13. The van der Waals surface area contributed by atoms with Gasteiger partial charge < -0.3 is 0 Å². The van der Waals surface area contributed by atoms with Crippen LogP contribution in [0, 0.1) is 5.41 Å². The summed E-state index contributed by atoms with van der Waals surface area (Å²) < 4.78 is 14.1. The Balaban J connectivity index is 2.96. The van der Waals surface area contributed by atoms with Gasteiger partial charge in [0, 0.05) is 0 Å². The van der Waals surface area contributed by atoms with Crippen molar-refractivity contribution >= 4 is 18.4 Å². The van der Waals surface area contributed by atoms with Gasteiger partial charge in [-0.25, -0.2) is 0 Å². The molecular formula is C18H34OSn. The molecule has 0 unspecified atom stereocenters. The van der Waals surface area contributed by atoms with Gasteiger partial charge in [-0.05, 0) is 0 Å². The molecule has 0 fully saturated rings. The van der Waals surface area contributed by atoms with Gasteiger partial charge in [0.05, 0.1) is 0 Å². The average Bonchev–Trinajstić information content (AvgIpc) is 2.43. The van der Waals surface area contributed by atoms with Crippen LogP contribution in [0.3, 0.4) is 0 Å². The summed E-state index contributed by atoms with van der Waals surface area (Å²) in [6.45, 7) is 11.4. The fourth-order valence-electron chi connectivity index (χ4n) is 3.10. The zero-order valence-corrected chi connectivity index (χ0v) is 17.3. The van der Waals surface area contributed by atoms with E-state index in [4.69, 9.17) is 4.74 Å². The molecule has 0 saturated carbocycles. The molecule has 0 aromatic rings. The number of rotatable bonds is 7. The third-order valence-electron chi connectivity index (χ3n) is 4.83. The topological polar surface area (TPSA) is 9.23 Å². The van der Waals surface area contributed by atoms with E-state index in [1.165, 1.54) is 34.6 Å². The molecule has 0 aliphatic carbocycles. The standard InChI is InChI=1S/C10H16O.2C4H9.Sn/c1-7-10(8-2,11-6)9(3,4)5;2*1-3-4-2;/h1-2,7-8H,3-6H3;2*1,3-4H2,2H3;. The molecule has 1 heterocycles. The number of ether oxygens (including phenoxy) is 1. The van der Waals surface area contributed by atoms with Gasteiger partial charge in [-0.15, -0.1) is 0 Å². The number of unbranched alkanes of at least 4 members (excludes halogenated alkanes) is 2. The Kier molecular flexibility index (Phi) is 6.85. The summed E-state index contributed by atoms with van der Waals surface area (Å²) in [5.74, 6) is 0. The molecule has 0 bridgehead atoms. The fourth-order valence-corrected chi connectivity index (χ4v) is 15.1. The second-order valence-corrected chi connectivity index (χ2v) is 19.2. The van der Waals surface area contributed by atoms with Gasteiger partial charge in [-0.1, -0.05) is 0 Å². The van der Waals surface area contributed by atoms with Crippen molar-refractivity contribution in [2.75, 3.05) is 7.11 Å². The molecule has 0 amide bonds. The minimum absolute atomic E-state index is 0.113. The first-order chi connectivity index (χ1) is 9.35. The summed E-state index contributed by atoms with van der Waals surface area (Å²) in [7, 11) is 1.85. The van der Waals surface area contributed by atoms with Crippen molar-refractivity contribution in [3.05, 3.63) is 20.3 Å². The summed E-state index contributed by atoms with van der Waals surface area (Å²) in [6.07, 6.45) is 10.2. The van der Waals surface area contributed by atoms with Crippen LogP contribution in [0.5, 0.6) is 0 Å². The Morgan fingerprint density at radius 2 is 1.40 bits per heavy atom. The van der Waals surface area contributed by atoms with Crippen LogP contribution in [-0.2, 0) is 4.74 Å². The molecule has 1 nitrogen and oxygen atoms in total. The van der Waals surface area contributed by atoms with Gasteiger partial charge in [0.2, 0.25) is 0 Å². The first-order valence-electron chi connectivity index (χ1n) is 8.31. The summed E-state index contributed by atoms with van der Waals surface area (Å²) in [4.78, 5) is 0. The van der Waals surface area contributed by atoms with Crippen molar-refractivity contribution < 1.29 is 4.74 Å². The van der Waals surface area contributed by atoms with E-state index < -0.39 is 18.4 Å². The molecule has 0 N–H and O–H groups in total. The van der Waals surface area contributed by atoms with E-state index in [2.05, 4.69) is 55.0 Å². The van der Waals surface area contributed by atoms with Gasteiger partial charge in [0.25, 0.3) is 0 Å². The second-order valence-electron chi connectivity index (χ2n) is 7.35. The van der Waals surface area contributed by atoms with Crippen LogP contribution >= 0.6 is 0 Å². The molecule has 20 heavy (non-hydrogen) atoms. The van der Waals surface area contributed by atoms with Gasteiger partial charge >= 0.3 is 131 Å². The van der Waals surface area contributed by atoms with Crippen molar-refractivity contribution in [1.29, 1.82) is 0 Å². The molecule has 1 aliphatic rings. The maximum atomic E-state index is 5.91. The van der Waals surface area contributed by atoms with Crippen LogP contribution in [0.1, 0.15) is 60.3 Å². The summed E-state index contributed by atoms with van der Waals surface area (Å²) >= 11 is -2.18. The summed E-state index contributed by atoms with van der Waals surface area (Å²) in [6, 6.07) is 0. The second kappa shape index (κ2) is 7.49. The van der Waals surface area contributed by atoms with Crippen LogP contribution in [0.4, 0.5) is 0 Å². The molecule has 1 aliphatic heterocycles. The predicted molar refractivity (Wildman–Crippen MR) is 92.7 cm³/mol. The molecular weight excluding hydrogens is 351 g/mol. The SMILES string of the molecule is CCC[CH2][Sn]1([CH2]CCC)[CH]=CC(OC)(C(C)(C)C)C=[CH]1. The molecule has 2 heteroatoms. The predicted octanol–water partition coefficient (Wildman–Crippen LogP) is 5.67. The molecule has 0 saturated heterocycles. The van der Waals surface area contributed by atoms with E-state index in [1.807, 2.05) is 7.11 Å². The number of hydrogen-bond acceptors (Lipinski definition) is 1. The normalized spacial score (nSPS) is 20.3. The van der Waals surface area contributed by atoms with E-state index in [9.17, 15) is 0 Å². The minimum atomic E-state index is -2.18. The van der Waals surface area contributed by atoms with Crippen LogP contribution in [0.2, 0.25) is 8.87 Å². The molecule has 0 aromatic carbocycles. The quantitative estimate of drug-likeness (QED) is 0.513. The zero-order valence-electron chi connectivity index (χ0n) is 14.5. The third-order valence-corrected chi connectivity index (χ3v) is 16.9. The van der Waals surface area contributed by atoms with Crippen LogP contribution in [-0.4, -0.2) is 31.1 Å². The number of hydrogen-bond donors (Lipinski definition) is 0. The van der Waals surface area contributed by atoms with Crippen molar-refractivity contribution in [3.8, 4) is 0 Å². The van der Waals surface area contributed by atoms with Gasteiger partial charge in [0.15, 0.2) is 0 Å². The van der Waals surface area contributed by atoms with Crippen molar-refractivity contribution in [1.82, 2.24) is 0 Å². The van der Waals surface area contributed by atoms with E-state index >= 15 is 0 Å². The zero-order chi connectivity index (χ0) is 15.3. The molecule has 0 atom stereocenters. The van der Waals surface area contributed by atoms with Crippen LogP contribution in [0.15, 0.2) is 20.3 Å². The Labute approximate surface area is 130 Å². The summed E-state index contributed by atoms with van der Waals surface area (Å²) in [5.41, 5.74) is -0.0891. The van der Waals surface area contributed by atoms with Crippen LogP contribution < -0.4 is 0 Å². The Bertz CT molecular complexity index is 325. The first-order valence-corrected chi connectivity index (χ1v) is 15.6. The van der Waals surface area contributed by atoms with E-state index in [-0.39, 0.29) is 11.0 Å². The molecule has 0 spiro atoms. The molecule has 0 aromatic heterocycles. The van der Waals surface area contributed by atoms with Gasteiger partial charge in [-0.3, -0.25) is 0 Å². The van der Waals surface area contributed by atoms with E-state index in [1.54, 1.807) is 0 Å². The fraction of sp³-hybridized carbons (Fsp3) is 0.778. The Morgan fingerprint density at radius 3 is 1.70 bits per heavy atom. The molecule has 1 rings (SSSR count). The van der Waals surface area contributed by atoms with E-state index in [0.717, 1.165) is 0 Å². The monoisotopic (exact) mass is 386 g/mol. The van der Waals surface area contributed by atoms with Crippen molar-refractivity contribution in [2.24, 2.45) is 5.41 Å². The number of methoxy groups -OCH3 is 1. The van der Waals surface area contributed by atoms with Gasteiger partial charge in [0.1, 0.15) is 0 Å². The molecule has 116 valence electrons. The van der Waals surface area contributed by atoms with Crippen molar-refractivity contribution in [2.45, 2.75) is 74.8 Å². The first kappa shape index (κ1) is 18.3. The van der Waals surface area contributed by atoms with Crippen LogP contribution in [0.25, 0.3) is 0 Å². The van der Waals surface area contributed by atoms with Crippen molar-refractivity contribution in [3.63, 3.8) is 0 Å². The van der Waals surface area contributed by atoms with E-state index in [0.29, 0.717) is 0 Å². The Hall–Kier alpha value is 0.239. The average molecular weight is 385 g/mol. The molecule has 0 radical (unpaired) electrons. The maximum absolute atomic E-state index is 5.91. The summed E-state index contributed by atoms with van der Waals surface area (Å²) in [5, 5.41) is 0.